The lowest BCUT2D eigenvalue weighted by Crippen LogP contribution is -2.51. The fraction of sp³-hybridized carbons (Fsp3) is 0.517. The van der Waals surface area contributed by atoms with Gasteiger partial charge in [-0.25, -0.2) is 9.59 Å². The minimum atomic E-state index is -1.19. The standard InChI is InChI=1S/C29H40N2O6/c1-7-35-25-18-24(19(3)26(20(25)4)36-8-2)21(5)31(28(34)30-29(14-15-29)27(32)33)16-17-37-22(6)23-12-10-9-11-13-23/h9-13,18,21-22H,7-8,14-17H2,1-6H3,(H,30,34)(H,32,33)/t21-,22+/m1/s1. The molecule has 0 unspecified atom stereocenters. The highest BCUT2D eigenvalue weighted by molar-refractivity contribution is 5.89. The van der Waals surface area contributed by atoms with E-state index in [1.54, 1.807) is 4.90 Å². The van der Waals surface area contributed by atoms with Gasteiger partial charge in [0.15, 0.2) is 0 Å². The number of hydrogen-bond acceptors (Lipinski definition) is 5. The van der Waals surface area contributed by atoms with E-state index < -0.39 is 17.5 Å². The van der Waals surface area contributed by atoms with Crippen molar-refractivity contribution in [3.63, 3.8) is 0 Å². The molecule has 1 aliphatic carbocycles. The van der Waals surface area contributed by atoms with Crippen molar-refractivity contribution in [1.82, 2.24) is 10.2 Å². The van der Waals surface area contributed by atoms with Crippen molar-refractivity contribution in [2.24, 2.45) is 0 Å². The molecule has 2 atom stereocenters. The number of hydrogen-bond donors (Lipinski definition) is 2. The smallest absolute Gasteiger partial charge is 0.329 e. The van der Waals surface area contributed by atoms with Crippen molar-refractivity contribution in [2.75, 3.05) is 26.4 Å². The van der Waals surface area contributed by atoms with Crippen molar-refractivity contribution >= 4 is 12.0 Å². The van der Waals surface area contributed by atoms with E-state index in [2.05, 4.69) is 5.32 Å². The lowest BCUT2D eigenvalue weighted by atomic mass is 9.96. The monoisotopic (exact) mass is 512 g/mol. The molecule has 8 nitrogen and oxygen atoms in total. The van der Waals surface area contributed by atoms with Crippen LogP contribution in [0.4, 0.5) is 4.79 Å². The van der Waals surface area contributed by atoms with E-state index in [1.807, 2.05) is 77.9 Å². The van der Waals surface area contributed by atoms with Crippen LogP contribution in [-0.2, 0) is 9.53 Å². The highest BCUT2D eigenvalue weighted by Crippen LogP contribution is 2.40. The molecule has 202 valence electrons. The lowest BCUT2D eigenvalue weighted by molar-refractivity contribution is -0.140. The number of benzene rings is 2. The molecular formula is C29H40N2O6. The zero-order valence-corrected chi connectivity index (χ0v) is 22.8. The molecule has 2 amide bonds. The Balaban J connectivity index is 1.89. The van der Waals surface area contributed by atoms with Crippen LogP contribution >= 0.6 is 0 Å². The van der Waals surface area contributed by atoms with Gasteiger partial charge in [-0.15, -0.1) is 0 Å². The molecule has 0 saturated heterocycles. The zero-order valence-electron chi connectivity index (χ0n) is 22.8. The normalized spacial score (nSPS) is 15.4. The van der Waals surface area contributed by atoms with E-state index in [1.165, 1.54) is 0 Å². The molecule has 0 aromatic heterocycles. The second-order valence-electron chi connectivity index (χ2n) is 9.52. The Bertz CT molecular complexity index is 1080. The summed E-state index contributed by atoms with van der Waals surface area (Å²) < 4.78 is 17.9. The van der Waals surface area contributed by atoms with Crippen LogP contribution in [0.5, 0.6) is 11.5 Å². The van der Waals surface area contributed by atoms with E-state index in [9.17, 15) is 14.7 Å². The number of carbonyl (C=O) groups is 2. The number of carboxylic acid groups (broad SMARTS) is 1. The first-order valence-corrected chi connectivity index (χ1v) is 13.0. The van der Waals surface area contributed by atoms with Crippen molar-refractivity contribution in [3.05, 3.63) is 58.7 Å². The van der Waals surface area contributed by atoms with Gasteiger partial charge >= 0.3 is 12.0 Å². The minimum absolute atomic E-state index is 0.148. The summed E-state index contributed by atoms with van der Waals surface area (Å²) in [5, 5.41) is 12.4. The molecule has 2 N–H and O–H groups in total. The predicted octanol–water partition coefficient (Wildman–Crippen LogP) is 5.57. The molecule has 1 saturated carbocycles. The Hall–Kier alpha value is -3.26. The summed E-state index contributed by atoms with van der Waals surface area (Å²) >= 11 is 0. The number of carboxylic acids is 1. The minimum Gasteiger partial charge on any atom is -0.493 e. The van der Waals surface area contributed by atoms with Gasteiger partial charge in [0.05, 0.1) is 32.0 Å². The fourth-order valence-corrected chi connectivity index (χ4v) is 4.56. The van der Waals surface area contributed by atoms with Gasteiger partial charge in [0.2, 0.25) is 0 Å². The molecule has 1 fully saturated rings. The molecule has 0 bridgehead atoms. The Morgan fingerprint density at radius 3 is 2.27 bits per heavy atom. The van der Waals surface area contributed by atoms with Crippen LogP contribution in [0.3, 0.4) is 0 Å². The van der Waals surface area contributed by atoms with Gasteiger partial charge in [-0.05, 0) is 77.1 Å². The van der Waals surface area contributed by atoms with Crippen LogP contribution in [0.25, 0.3) is 0 Å². The first-order valence-electron chi connectivity index (χ1n) is 13.0. The third-order valence-electron chi connectivity index (χ3n) is 7.01. The van der Waals surface area contributed by atoms with E-state index in [0.717, 1.165) is 28.0 Å². The molecule has 0 spiro atoms. The second-order valence-corrected chi connectivity index (χ2v) is 9.52. The first kappa shape index (κ1) is 28.3. The molecule has 0 radical (unpaired) electrons. The van der Waals surface area contributed by atoms with Gasteiger partial charge in [0.25, 0.3) is 0 Å². The molecule has 37 heavy (non-hydrogen) atoms. The number of rotatable bonds is 13. The highest BCUT2D eigenvalue weighted by atomic mass is 16.5. The largest absolute Gasteiger partial charge is 0.493 e. The molecule has 3 rings (SSSR count). The van der Waals surface area contributed by atoms with Gasteiger partial charge in [-0.1, -0.05) is 30.3 Å². The Kier molecular flexibility index (Phi) is 9.43. The van der Waals surface area contributed by atoms with Gasteiger partial charge < -0.3 is 29.5 Å². The van der Waals surface area contributed by atoms with Crippen LogP contribution in [0, 0.1) is 13.8 Å². The van der Waals surface area contributed by atoms with E-state index in [4.69, 9.17) is 14.2 Å². The maximum atomic E-state index is 13.5. The first-order chi connectivity index (χ1) is 17.6. The number of aliphatic carboxylic acids is 1. The molecule has 2 aromatic carbocycles. The number of amides is 2. The van der Waals surface area contributed by atoms with Crippen molar-refractivity contribution in [3.8, 4) is 11.5 Å². The predicted molar refractivity (Wildman–Crippen MR) is 142 cm³/mol. The van der Waals surface area contributed by atoms with Gasteiger partial charge in [0, 0.05) is 12.1 Å². The van der Waals surface area contributed by atoms with Gasteiger partial charge in [-0.3, -0.25) is 0 Å². The van der Waals surface area contributed by atoms with Gasteiger partial charge in [-0.2, -0.15) is 0 Å². The average molecular weight is 513 g/mol. The molecular weight excluding hydrogens is 472 g/mol. The molecule has 0 heterocycles. The van der Waals surface area contributed by atoms with Crippen LogP contribution in [-0.4, -0.2) is 53.9 Å². The van der Waals surface area contributed by atoms with Crippen LogP contribution in [0.2, 0.25) is 0 Å². The van der Waals surface area contributed by atoms with Crippen LogP contribution in [0.1, 0.15) is 74.9 Å². The SMILES string of the molecule is CCOc1cc([C@@H](C)N(CCO[C@@H](C)c2ccccc2)C(=O)NC2(C(=O)O)CC2)c(C)c(OCC)c1C. The molecule has 0 aliphatic heterocycles. The number of ether oxygens (including phenoxy) is 3. The summed E-state index contributed by atoms with van der Waals surface area (Å²) in [4.78, 5) is 26.9. The maximum absolute atomic E-state index is 13.5. The van der Waals surface area contributed by atoms with E-state index in [-0.39, 0.29) is 25.3 Å². The molecule has 8 heteroatoms. The van der Waals surface area contributed by atoms with Gasteiger partial charge in [0.1, 0.15) is 17.0 Å². The Morgan fingerprint density at radius 1 is 1.05 bits per heavy atom. The maximum Gasteiger partial charge on any atom is 0.329 e. The Morgan fingerprint density at radius 2 is 1.70 bits per heavy atom. The Labute approximate surface area is 219 Å². The molecule has 1 aliphatic rings. The van der Waals surface area contributed by atoms with Crippen molar-refractivity contribution in [1.29, 1.82) is 0 Å². The second kappa shape index (κ2) is 12.3. The topological polar surface area (TPSA) is 97.3 Å². The average Bonchev–Trinajstić information content (AvgIpc) is 3.67. The number of urea groups is 1. The number of nitrogens with one attached hydrogen (secondary N) is 1. The van der Waals surface area contributed by atoms with E-state index in [0.29, 0.717) is 31.8 Å². The summed E-state index contributed by atoms with van der Waals surface area (Å²) in [7, 11) is 0. The highest BCUT2D eigenvalue weighted by Gasteiger charge is 2.52. The summed E-state index contributed by atoms with van der Waals surface area (Å²) in [5.74, 6) is 0.442. The summed E-state index contributed by atoms with van der Waals surface area (Å²) in [6.45, 7) is 13.3. The molecule has 2 aromatic rings. The van der Waals surface area contributed by atoms with Crippen LogP contribution in [0.15, 0.2) is 36.4 Å². The van der Waals surface area contributed by atoms with E-state index >= 15 is 0 Å². The zero-order chi connectivity index (χ0) is 27.2. The lowest BCUT2D eigenvalue weighted by Gasteiger charge is -2.33. The van der Waals surface area contributed by atoms with Crippen molar-refractivity contribution in [2.45, 2.75) is 72.1 Å². The third kappa shape index (κ3) is 6.55. The van der Waals surface area contributed by atoms with Crippen LogP contribution < -0.4 is 14.8 Å². The summed E-state index contributed by atoms with van der Waals surface area (Å²) in [5.41, 5.74) is 2.57. The number of nitrogens with zero attached hydrogens (tertiary/aromatic N) is 1. The van der Waals surface area contributed by atoms with Crippen molar-refractivity contribution < 1.29 is 28.9 Å². The summed E-state index contributed by atoms with van der Waals surface area (Å²) in [6, 6.07) is 11.0. The summed E-state index contributed by atoms with van der Waals surface area (Å²) in [6.07, 6.45) is 0.694. The number of carbonyl (C=O) groups excluding carboxylic acids is 1. The third-order valence-corrected chi connectivity index (χ3v) is 7.01. The fourth-order valence-electron chi connectivity index (χ4n) is 4.56. The quantitative estimate of drug-likeness (QED) is 0.364.